The number of cyclic esters (lactones) is 1. The number of hydrogen-bond donors (Lipinski definition) is 1. The minimum atomic E-state index is -3.55. The van der Waals surface area contributed by atoms with E-state index in [4.69, 9.17) is 5.21 Å². The van der Waals surface area contributed by atoms with Crippen molar-refractivity contribution in [3.63, 3.8) is 0 Å². The third kappa shape index (κ3) is 6.57. The molecule has 1 aliphatic rings. The van der Waals surface area contributed by atoms with Gasteiger partial charge in [-0.2, -0.15) is 0 Å². The van der Waals surface area contributed by atoms with E-state index in [1.807, 2.05) is 0 Å². The fraction of sp³-hybridized carbons (Fsp3) is 0.333. The zero-order valence-corrected chi connectivity index (χ0v) is 16.3. The first-order valence-corrected chi connectivity index (χ1v) is 10.1. The molecule has 0 aliphatic carbocycles. The molecule has 0 amide bonds. The second-order valence-electron chi connectivity index (χ2n) is 4.89. The second kappa shape index (κ2) is 9.92. The Kier molecular flexibility index (Phi) is 8.25. The van der Waals surface area contributed by atoms with Crippen LogP contribution in [0.4, 0.5) is 0 Å². The van der Waals surface area contributed by atoms with Crippen LogP contribution in [0.15, 0.2) is 28.3 Å². The molecule has 0 aromatic heterocycles. The number of carbonyl (C=O) groups is 3. The Morgan fingerprint density at radius 1 is 1.15 bits per heavy atom. The summed E-state index contributed by atoms with van der Waals surface area (Å²) >= 11 is 1.20. The Labute approximate surface area is 159 Å². The lowest BCUT2D eigenvalue weighted by Crippen LogP contribution is -2.22. The minimum absolute atomic E-state index is 0.0270. The summed E-state index contributed by atoms with van der Waals surface area (Å²) in [6.45, 7) is 0.405. The van der Waals surface area contributed by atoms with Gasteiger partial charge in [-0.05, 0) is 18.2 Å². The zero-order valence-electron chi connectivity index (χ0n) is 14.6. The third-order valence-corrected chi connectivity index (χ3v) is 4.98. The maximum atomic E-state index is 11.5. The Bertz CT molecular complexity index is 828. The molecule has 1 saturated heterocycles. The van der Waals surface area contributed by atoms with Crippen molar-refractivity contribution in [1.29, 1.82) is 0 Å². The lowest BCUT2D eigenvalue weighted by molar-refractivity contribution is -0.135. The summed E-state index contributed by atoms with van der Waals surface area (Å²) in [5.74, 6) is -1.32. The molecule has 1 heterocycles. The van der Waals surface area contributed by atoms with Crippen molar-refractivity contribution in [3.05, 3.63) is 29.3 Å². The van der Waals surface area contributed by atoms with E-state index in [1.54, 1.807) is 0 Å². The van der Waals surface area contributed by atoms with E-state index >= 15 is 0 Å². The van der Waals surface area contributed by atoms with Gasteiger partial charge in [0, 0.05) is 12.0 Å². The van der Waals surface area contributed by atoms with Crippen LogP contribution in [0.1, 0.15) is 20.7 Å². The molecule has 1 aliphatic heterocycles. The summed E-state index contributed by atoms with van der Waals surface area (Å²) in [5, 5.41) is 10.9. The highest BCUT2D eigenvalue weighted by atomic mass is 32.2. The number of esters is 3. The van der Waals surface area contributed by atoms with Gasteiger partial charge in [0.25, 0.3) is 0 Å². The summed E-state index contributed by atoms with van der Waals surface area (Å²) in [7, 11) is -1.23. The molecule has 0 radical (unpaired) electrons. The second-order valence-corrected chi connectivity index (χ2v) is 7.99. The number of oxime groups is 1. The van der Waals surface area contributed by atoms with Crippen LogP contribution in [0.25, 0.3) is 0 Å². The standard InChI is InChI=1S/C11H12O6S.C4H5NO3S/c1-16-10(12)7-4-8(11(13)17-2)6-9(5-7)18(3,14)15;6-4-3(5-7)9-2-1-8-4/h4-6H,1-3H3;7H,1-2H2/b;5-3-. The normalized spacial score (nSPS) is 15.2. The molecule has 2 rings (SSSR count). The van der Waals surface area contributed by atoms with Crippen LogP contribution in [-0.4, -0.2) is 69.4 Å². The number of sulfone groups is 1. The van der Waals surface area contributed by atoms with Gasteiger partial charge in [-0.25, -0.2) is 22.8 Å². The van der Waals surface area contributed by atoms with E-state index in [2.05, 4.69) is 19.4 Å². The van der Waals surface area contributed by atoms with Crippen LogP contribution < -0.4 is 0 Å². The van der Waals surface area contributed by atoms with Gasteiger partial charge < -0.3 is 19.4 Å². The molecule has 1 aromatic rings. The van der Waals surface area contributed by atoms with Gasteiger partial charge in [-0.3, -0.25) is 0 Å². The van der Waals surface area contributed by atoms with Crippen molar-refractivity contribution in [2.75, 3.05) is 32.8 Å². The number of benzene rings is 1. The number of hydrogen-bond acceptors (Lipinski definition) is 11. The van der Waals surface area contributed by atoms with Gasteiger partial charge in [0.2, 0.25) is 5.04 Å². The van der Waals surface area contributed by atoms with Crippen LogP contribution in [0.5, 0.6) is 0 Å². The summed E-state index contributed by atoms with van der Waals surface area (Å²) in [5.41, 5.74) is -0.0540. The molecule has 0 bridgehead atoms. The van der Waals surface area contributed by atoms with Crippen molar-refractivity contribution in [2.45, 2.75) is 4.90 Å². The van der Waals surface area contributed by atoms with Crippen molar-refractivity contribution >= 4 is 44.6 Å². The Morgan fingerprint density at radius 3 is 2.00 bits per heavy atom. The highest BCUT2D eigenvalue weighted by molar-refractivity contribution is 8.15. The SMILES string of the molecule is COC(=O)c1cc(C(=O)OC)cc(S(C)(=O)=O)c1.O=C1OCCS/C1=N\O. The topological polar surface area (TPSA) is 146 Å². The van der Waals surface area contributed by atoms with Gasteiger partial charge in [-0.15, -0.1) is 0 Å². The Hall–Kier alpha value is -2.60. The number of thioether (sulfide) groups is 1. The average molecular weight is 419 g/mol. The quantitative estimate of drug-likeness (QED) is 0.322. The summed E-state index contributed by atoms with van der Waals surface area (Å²) in [4.78, 5) is 33.1. The average Bonchev–Trinajstić information content (AvgIpc) is 2.66. The van der Waals surface area contributed by atoms with Crippen LogP contribution in [0.2, 0.25) is 0 Å². The number of nitrogens with zero attached hydrogens (tertiary/aromatic N) is 1. The highest BCUT2D eigenvalue weighted by Gasteiger charge is 2.19. The lowest BCUT2D eigenvalue weighted by atomic mass is 10.1. The Morgan fingerprint density at radius 2 is 1.67 bits per heavy atom. The molecule has 12 heteroatoms. The number of carbonyl (C=O) groups excluding carboxylic acids is 3. The highest BCUT2D eigenvalue weighted by Crippen LogP contribution is 2.17. The maximum Gasteiger partial charge on any atom is 0.367 e. The first-order chi connectivity index (χ1) is 12.6. The lowest BCUT2D eigenvalue weighted by Gasteiger charge is -2.09. The van der Waals surface area contributed by atoms with Gasteiger partial charge in [0.15, 0.2) is 9.84 Å². The fourth-order valence-electron chi connectivity index (χ4n) is 1.75. The van der Waals surface area contributed by atoms with Gasteiger partial charge in [0.1, 0.15) is 6.61 Å². The van der Waals surface area contributed by atoms with Crippen molar-refractivity contribution < 1.29 is 42.2 Å². The molecule has 0 atom stereocenters. The van der Waals surface area contributed by atoms with E-state index in [9.17, 15) is 22.8 Å². The first-order valence-electron chi connectivity index (χ1n) is 7.17. The van der Waals surface area contributed by atoms with Crippen molar-refractivity contribution in [1.82, 2.24) is 0 Å². The van der Waals surface area contributed by atoms with Crippen LogP contribution in [-0.2, 0) is 28.8 Å². The van der Waals surface area contributed by atoms with Gasteiger partial charge in [-0.1, -0.05) is 16.9 Å². The largest absolute Gasteiger partial charge is 0.465 e. The van der Waals surface area contributed by atoms with Crippen LogP contribution in [0, 0.1) is 0 Å². The Balaban J connectivity index is 0.000000337. The third-order valence-electron chi connectivity index (χ3n) is 3.00. The van der Waals surface area contributed by atoms with Crippen LogP contribution in [0.3, 0.4) is 0 Å². The predicted molar refractivity (Wildman–Crippen MR) is 94.9 cm³/mol. The predicted octanol–water partition coefficient (Wildman–Crippen LogP) is 0.727. The molecule has 0 spiro atoms. The maximum absolute atomic E-state index is 11.5. The van der Waals surface area contributed by atoms with E-state index < -0.39 is 27.7 Å². The van der Waals surface area contributed by atoms with E-state index in [0.717, 1.165) is 32.6 Å². The molecule has 27 heavy (non-hydrogen) atoms. The fourth-order valence-corrected chi connectivity index (χ4v) is 3.02. The number of methoxy groups -OCH3 is 2. The summed E-state index contributed by atoms with van der Waals surface area (Å²) < 4.78 is 36.4. The first kappa shape index (κ1) is 22.4. The molecule has 0 saturated carbocycles. The van der Waals surface area contributed by atoms with Gasteiger partial charge >= 0.3 is 17.9 Å². The molecular formula is C15H17NO9S2. The smallest absolute Gasteiger partial charge is 0.367 e. The molecule has 10 nitrogen and oxygen atoms in total. The monoisotopic (exact) mass is 419 g/mol. The van der Waals surface area contributed by atoms with Gasteiger partial charge in [0.05, 0.1) is 30.2 Å². The molecule has 1 aromatic carbocycles. The molecule has 0 unspecified atom stereocenters. The van der Waals surface area contributed by atoms with Crippen molar-refractivity contribution in [2.24, 2.45) is 5.16 Å². The molecule has 1 fully saturated rings. The zero-order chi connectivity index (χ0) is 20.6. The van der Waals surface area contributed by atoms with E-state index in [0.29, 0.717) is 12.4 Å². The van der Waals surface area contributed by atoms with Crippen molar-refractivity contribution in [3.8, 4) is 0 Å². The minimum Gasteiger partial charge on any atom is -0.465 e. The molecular weight excluding hydrogens is 402 g/mol. The molecule has 148 valence electrons. The summed E-state index contributed by atoms with van der Waals surface area (Å²) in [6, 6.07) is 3.51. The van der Waals surface area contributed by atoms with E-state index in [1.165, 1.54) is 17.8 Å². The number of rotatable bonds is 3. The summed E-state index contributed by atoms with van der Waals surface area (Å²) in [6.07, 6.45) is 0.977. The molecule has 1 N–H and O–H groups in total. The van der Waals surface area contributed by atoms with Crippen LogP contribution >= 0.6 is 11.8 Å². The van der Waals surface area contributed by atoms with E-state index in [-0.39, 0.29) is 21.1 Å². The number of ether oxygens (including phenoxy) is 3.